The number of nitro groups is 1. The number of benzene rings is 1. The summed E-state index contributed by atoms with van der Waals surface area (Å²) in [5, 5.41) is 11.6. The second kappa shape index (κ2) is 8.45. The van der Waals surface area contributed by atoms with Crippen LogP contribution in [0.25, 0.3) is 11.3 Å². The molecule has 1 unspecified atom stereocenters. The maximum absolute atomic E-state index is 11.6. The number of hydrogen-bond donors (Lipinski definition) is 0. The van der Waals surface area contributed by atoms with Gasteiger partial charge in [-0.05, 0) is 53.0 Å². The number of rotatable bonds is 7. The highest BCUT2D eigenvalue weighted by Crippen LogP contribution is 2.38. The van der Waals surface area contributed by atoms with Gasteiger partial charge in [0.15, 0.2) is 11.4 Å². The van der Waals surface area contributed by atoms with Crippen molar-refractivity contribution in [1.29, 1.82) is 0 Å². The number of allylic oxidation sites excluding steroid dienone is 4. The average molecular weight is 397 g/mol. The summed E-state index contributed by atoms with van der Waals surface area (Å²) in [6.45, 7) is 1.87. The molecule has 1 atom stereocenters. The fourth-order valence-corrected chi connectivity index (χ4v) is 3.06. The highest BCUT2D eigenvalue weighted by molar-refractivity contribution is 5.71. The van der Waals surface area contributed by atoms with E-state index >= 15 is 0 Å². The van der Waals surface area contributed by atoms with Gasteiger partial charge >= 0.3 is 5.95 Å². The molecule has 1 heterocycles. The molecule has 1 aliphatic carbocycles. The second-order valence-electron chi connectivity index (χ2n) is 5.99. The van der Waals surface area contributed by atoms with Crippen LogP contribution in [0.2, 0.25) is 0 Å². The van der Waals surface area contributed by atoms with Crippen LogP contribution in [0, 0.1) is 10.1 Å². The zero-order chi connectivity index (χ0) is 21.0. The molecule has 2 aromatic rings. The number of nitrogens with zero attached hydrogens (tertiary/aromatic N) is 3. The van der Waals surface area contributed by atoms with E-state index in [4.69, 9.17) is 14.3 Å². The summed E-state index contributed by atoms with van der Waals surface area (Å²) in [5.41, 5.74) is 1.53. The molecule has 3 rings (SSSR count). The van der Waals surface area contributed by atoms with Gasteiger partial charge in [0, 0.05) is 5.56 Å². The molecule has 0 saturated heterocycles. The molecule has 9 nitrogen and oxygen atoms in total. The van der Waals surface area contributed by atoms with Gasteiger partial charge in [-0.25, -0.2) is 4.79 Å². The van der Waals surface area contributed by atoms with Gasteiger partial charge in [-0.3, -0.25) is 0 Å². The van der Waals surface area contributed by atoms with E-state index in [2.05, 4.69) is 4.98 Å². The molecule has 9 heteroatoms. The molecule has 1 aliphatic rings. The maximum Gasteiger partial charge on any atom is 0.472 e. The molecule has 0 fully saturated rings. The molecule has 0 spiro atoms. The first-order chi connectivity index (χ1) is 14.0. The van der Waals surface area contributed by atoms with Crippen LogP contribution in [0.5, 0.6) is 5.75 Å². The van der Waals surface area contributed by atoms with Crippen molar-refractivity contribution < 1.29 is 24.0 Å². The van der Waals surface area contributed by atoms with Crippen molar-refractivity contribution in [2.75, 3.05) is 20.8 Å². The van der Waals surface area contributed by atoms with Crippen molar-refractivity contribution in [3.8, 4) is 17.0 Å². The van der Waals surface area contributed by atoms with E-state index in [-0.39, 0.29) is 12.2 Å². The first-order valence-corrected chi connectivity index (χ1v) is 8.77. The van der Waals surface area contributed by atoms with Gasteiger partial charge in [0.25, 0.3) is 0 Å². The molecule has 0 amide bonds. The Morgan fingerprint density at radius 2 is 1.97 bits per heavy atom. The zero-order valence-corrected chi connectivity index (χ0v) is 16.1. The molecule has 0 N–H and O–H groups in total. The highest BCUT2D eigenvalue weighted by Gasteiger charge is 2.36. The van der Waals surface area contributed by atoms with Gasteiger partial charge in [-0.1, -0.05) is 11.1 Å². The van der Waals surface area contributed by atoms with Crippen molar-refractivity contribution >= 4 is 11.9 Å². The first-order valence-electron chi connectivity index (χ1n) is 8.77. The summed E-state index contributed by atoms with van der Waals surface area (Å²) in [6, 6.07) is 6.91. The zero-order valence-electron chi connectivity index (χ0n) is 16.1. The van der Waals surface area contributed by atoms with Gasteiger partial charge in [-0.2, -0.15) is 0 Å². The summed E-state index contributed by atoms with van der Waals surface area (Å²) >= 11 is 0. The first kappa shape index (κ1) is 19.9. The number of ether oxygens (including phenoxy) is 2. The Kier molecular flexibility index (Phi) is 5.80. The van der Waals surface area contributed by atoms with Crippen LogP contribution in [0.1, 0.15) is 18.5 Å². The Labute approximate surface area is 166 Å². The molecule has 0 saturated carbocycles. The SMILES string of the molecule is CCOn1c([N+](=O)[O-])nc(-c2ccc(OC)cc2)c1C1C=CC(OC)=CC1=C=O. The van der Waals surface area contributed by atoms with Gasteiger partial charge in [0.1, 0.15) is 24.1 Å². The van der Waals surface area contributed by atoms with E-state index in [1.807, 2.05) is 5.94 Å². The number of carbonyl (C=O) groups excluding carboxylic acids is 1. The Balaban J connectivity index is 2.25. The van der Waals surface area contributed by atoms with Crippen molar-refractivity contribution in [1.82, 2.24) is 9.71 Å². The Morgan fingerprint density at radius 1 is 1.24 bits per heavy atom. The van der Waals surface area contributed by atoms with Crippen molar-refractivity contribution in [3.05, 3.63) is 69.6 Å². The summed E-state index contributed by atoms with van der Waals surface area (Å²) in [5.74, 6) is 1.87. The third kappa shape index (κ3) is 3.76. The van der Waals surface area contributed by atoms with Crippen molar-refractivity contribution in [2.45, 2.75) is 12.8 Å². The molecular weight excluding hydrogens is 378 g/mol. The molecule has 0 aliphatic heterocycles. The minimum Gasteiger partial charge on any atom is -0.497 e. The van der Waals surface area contributed by atoms with E-state index in [1.54, 1.807) is 50.5 Å². The fourth-order valence-electron chi connectivity index (χ4n) is 3.06. The third-order valence-electron chi connectivity index (χ3n) is 4.37. The Morgan fingerprint density at radius 3 is 2.52 bits per heavy atom. The molecule has 150 valence electrons. The van der Waals surface area contributed by atoms with E-state index in [9.17, 15) is 14.9 Å². The van der Waals surface area contributed by atoms with Gasteiger partial charge in [0.05, 0.1) is 25.7 Å². The van der Waals surface area contributed by atoms with Gasteiger partial charge < -0.3 is 24.4 Å². The third-order valence-corrected chi connectivity index (χ3v) is 4.37. The number of hydrogen-bond acceptors (Lipinski definition) is 7. The lowest BCUT2D eigenvalue weighted by Crippen LogP contribution is -2.19. The van der Waals surface area contributed by atoms with Crippen molar-refractivity contribution in [3.63, 3.8) is 0 Å². The summed E-state index contributed by atoms with van der Waals surface area (Å²) in [4.78, 5) is 32.4. The normalized spacial score (nSPS) is 15.5. The quantitative estimate of drug-likeness (QED) is 0.402. The number of methoxy groups -OCH3 is 2. The minimum atomic E-state index is -0.656. The van der Waals surface area contributed by atoms with Crippen LogP contribution in [0.3, 0.4) is 0 Å². The molecular formula is C20H19N3O6. The lowest BCUT2D eigenvalue weighted by atomic mass is 9.89. The average Bonchev–Trinajstić information content (AvgIpc) is 3.12. The molecule has 0 radical (unpaired) electrons. The fraction of sp³-hybridized carbons (Fsp3) is 0.250. The standard InChI is InChI=1S/C20H19N3O6/c1-4-29-22-19(17-10-9-16(28-3)11-14(17)12-24)18(21-20(22)23(25)26)13-5-7-15(27-2)8-6-13/h5-11,17H,4H2,1-3H3. The van der Waals surface area contributed by atoms with Crippen LogP contribution in [-0.4, -0.2) is 41.4 Å². The summed E-state index contributed by atoms with van der Waals surface area (Å²) in [7, 11) is 3.03. The smallest absolute Gasteiger partial charge is 0.472 e. The van der Waals surface area contributed by atoms with Crippen LogP contribution in [0.4, 0.5) is 5.95 Å². The Bertz CT molecular complexity index is 1030. The lowest BCUT2D eigenvalue weighted by Gasteiger charge is -2.17. The van der Waals surface area contributed by atoms with Crippen molar-refractivity contribution in [2.24, 2.45) is 0 Å². The van der Waals surface area contributed by atoms with Crippen LogP contribution in [-0.2, 0) is 9.53 Å². The largest absolute Gasteiger partial charge is 0.497 e. The molecule has 0 bridgehead atoms. The minimum absolute atomic E-state index is 0.169. The molecule has 1 aromatic heterocycles. The summed E-state index contributed by atoms with van der Waals surface area (Å²) < 4.78 is 11.4. The molecule has 1 aromatic carbocycles. The van der Waals surface area contributed by atoms with E-state index in [1.165, 1.54) is 13.2 Å². The van der Waals surface area contributed by atoms with E-state index in [0.29, 0.717) is 28.5 Å². The topological polar surface area (TPSA) is 106 Å². The predicted molar refractivity (Wildman–Crippen MR) is 104 cm³/mol. The monoisotopic (exact) mass is 397 g/mol. The maximum atomic E-state index is 11.6. The highest BCUT2D eigenvalue weighted by atomic mass is 16.7. The van der Waals surface area contributed by atoms with E-state index in [0.717, 1.165) is 4.73 Å². The Hall–Kier alpha value is -3.84. The van der Waals surface area contributed by atoms with Gasteiger partial charge in [0.2, 0.25) is 0 Å². The number of imidazole rings is 1. The predicted octanol–water partition coefficient (Wildman–Crippen LogP) is 2.86. The lowest BCUT2D eigenvalue weighted by molar-refractivity contribution is -0.401. The number of aromatic nitrogens is 2. The van der Waals surface area contributed by atoms with Crippen LogP contribution >= 0.6 is 0 Å². The van der Waals surface area contributed by atoms with Crippen LogP contribution < -0.4 is 9.57 Å². The van der Waals surface area contributed by atoms with Gasteiger partial charge in [-0.15, -0.1) is 0 Å². The van der Waals surface area contributed by atoms with Crippen LogP contribution in [0.15, 0.2) is 53.8 Å². The van der Waals surface area contributed by atoms with E-state index < -0.39 is 16.8 Å². The molecule has 29 heavy (non-hydrogen) atoms. The second-order valence-corrected chi connectivity index (χ2v) is 5.99. The summed E-state index contributed by atoms with van der Waals surface area (Å²) in [6.07, 6.45) is 4.91.